The molecule has 0 spiro atoms. The molecule has 0 N–H and O–H groups in total. The first kappa shape index (κ1) is 13.2. The van der Waals surface area contributed by atoms with Crippen molar-refractivity contribution in [3.63, 3.8) is 0 Å². The second-order valence-electron chi connectivity index (χ2n) is 3.99. The van der Waals surface area contributed by atoms with Crippen LogP contribution in [0.25, 0.3) is 0 Å². The molecule has 0 fully saturated rings. The van der Waals surface area contributed by atoms with E-state index >= 15 is 0 Å². The topological polar surface area (TPSA) is 43.4 Å². The Labute approximate surface area is 97.6 Å². The molecule has 4 heteroatoms. The molecule has 0 aliphatic rings. The van der Waals surface area contributed by atoms with Gasteiger partial charge in [0.25, 0.3) is 10.1 Å². The second-order valence-corrected chi connectivity index (χ2v) is 5.57. The molecule has 0 unspecified atom stereocenters. The summed E-state index contributed by atoms with van der Waals surface area (Å²) in [6.07, 6.45) is 1.68. The van der Waals surface area contributed by atoms with Crippen LogP contribution in [0.4, 0.5) is 0 Å². The highest BCUT2D eigenvalue weighted by Gasteiger charge is 2.16. The van der Waals surface area contributed by atoms with Crippen molar-refractivity contribution in [2.24, 2.45) is 0 Å². The van der Waals surface area contributed by atoms with Gasteiger partial charge in [-0.25, -0.2) is 0 Å². The molecule has 0 aliphatic carbocycles. The summed E-state index contributed by atoms with van der Waals surface area (Å²) in [6.45, 7) is 5.48. The Balaban J connectivity index is 2.89. The van der Waals surface area contributed by atoms with E-state index in [2.05, 4.69) is 6.92 Å². The molecular formula is C12H18O3S. The van der Waals surface area contributed by atoms with E-state index in [9.17, 15) is 8.42 Å². The van der Waals surface area contributed by atoms with E-state index in [0.29, 0.717) is 0 Å². The van der Waals surface area contributed by atoms with E-state index in [1.165, 1.54) is 0 Å². The number of aryl methyl sites for hydroxylation is 1. The molecule has 1 rings (SSSR count). The number of benzene rings is 1. The highest BCUT2D eigenvalue weighted by molar-refractivity contribution is 7.86. The van der Waals surface area contributed by atoms with Crippen LogP contribution in [0.1, 0.15) is 32.8 Å². The third-order valence-corrected chi connectivity index (χ3v) is 3.56. The zero-order valence-corrected chi connectivity index (χ0v) is 10.8. The molecule has 0 heterocycles. The molecule has 0 aromatic heterocycles. The summed E-state index contributed by atoms with van der Waals surface area (Å²) in [7, 11) is -3.59. The van der Waals surface area contributed by atoms with Gasteiger partial charge in [-0.05, 0) is 38.0 Å². The molecule has 1 aromatic carbocycles. The summed E-state index contributed by atoms with van der Waals surface area (Å²) >= 11 is 0. The van der Waals surface area contributed by atoms with Crippen LogP contribution < -0.4 is 0 Å². The molecule has 1 aromatic rings. The maximum Gasteiger partial charge on any atom is 0.297 e. The Morgan fingerprint density at radius 1 is 1.19 bits per heavy atom. The van der Waals surface area contributed by atoms with Gasteiger partial charge in [0.1, 0.15) is 0 Å². The fourth-order valence-electron chi connectivity index (χ4n) is 1.42. The standard InChI is InChI=1S/C12H18O3S/c1-4-5-11-6-8-12(9-7-11)16(13,14)15-10(2)3/h6-10H,4-5H2,1-3H3. The van der Waals surface area contributed by atoms with Crippen LogP contribution in [0.15, 0.2) is 29.2 Å². The van der Waals surface area contributed by atoms with Crippen molar-refractivity contribution in [3.8, 4) is 0 Å². The van der Waals surface area contributed by atoms with Gasteiger partial charge in [0.15, 0.2) is 0 Å². The molecule has 0 saturated heterocycles. The van der Waals surface area contributed by atoms with Crippen LogP contribution in [0.3, 0.4) is 0 Å². The van der Waals surface area contributed by atoms with Gasteiger partial charge in [0, 0.05) is 0 Å². The summed E-state index contributed by atoms with van der Waals surface area (Å²) in [6, 6.07) is 6.87. The maximum absolute atomic E-state index is 11.7. The molecule has 0 bridgehead atoms. The Hall–Kier alpha value is -0.870. The zero-order chi connectivity index (χ0) is 12.2. The second kappa shape index (κ2) is 5.46. The van der Waals surface area contributed by atoms with Crippen molar-refractivity contribution >= 4 is 10.1 Å². The monoisotopic (exact) mass is 242 g/mol. The highest BCUT2D eigenvalue weighted by atomic mass is 32.2. The van der Waals surface area contributed by atoms with Crippen molar-refractivity contribution in [2.45, 2.75) is 44.6 Å². The van der Waals surface area contributed by atoms with Crippen LogP contribution in [0.5, 0.6) is 0 Å². The predicted molar refractivity (Wildman–Crippen MR) is 63.8 cm³/mol. The summed E-state index contributed by atoms with van der Waals surface area (Å²) < 4.78 is 28.3. The Morgan fingerprint density at radius 3 is 2.19 bits per heavy atom. The van der Waals surface area contributed by atoms with E-state index < -0.39 is 10.1 Å². The average Bonchev–Trinajstić information content (AvgIpc) is 2.17. The summed E-state index contributed by atoms with van der Waals surface area (Å²) in [5, 5.41) is 0. The summed E-state index contributed by atoms with van der Waals surface area (Å²) in [5.74, 6) is 0. The normalized spacial score (nSPS) is 12.0. The zero-order valence-electron chi connectivity index (χ0n) is 9.93. The van der Waals surface area contributed by atoms with Gasteiger partial charge in [-0.2, -0.15) is 8.42 Å². The first-order chi connectivity index (χ1) is 7.45. The first-order valence-electron chi connectivity index (χ1n) is 5.48. The number of rotatable bonds is 5. The fourth-order valence-corrected chi connectivity index (χ4v) is 2.51. The van der Waals surface area contributed by atoms with Crippen molar-refractivity contribution in [2.75, 3.05) is 0 Å². The molecule has 0 aliphatic heterocycles. The van der Waals surface area contributed by atoms with Gasteiger partial charge in [-0.1, -0.05) is 25.5 Å². The molecule has 3 nitrogen and oxygen atoms in total. The van der Waals surface area contributed by atoms with E-state index in [1.54, 1.807) is 26.0 Å². The fraction of sp³-hybridized carbons (Fsp3) is 0.500. The van der Waals surface area contributed by atoms with E-state index in [-0.39, 0.29) is 11.0 Å². The molecule has 0 atom stereocenters. The van der Waals surface area contributed by atoms with Crippen molar-refractivity contribution in [3.05, 3.63) is 29.8 Å². The van der Waals surface area contributed by atoms with Crippen LogP contribution in [0, 0.1) is 0 Å². The molecule has 0 saturated carbocycles. The summed E-state index contributed by atoms with van der Waals surface area (Å²) in [4.78, 5) is 0.223. The quantitative estimate of drug-likeness (QED) is 0.746. The third-order valence-electron chi connectivity index (χ3n) is 2.07. The van der Waals surface area contributed by atoms with E-state index in [0.717, 1.165) is 18.4 Å². The largest absolute Gasteiger partial charge is 0.297 e. The minimum absolute atomic E-state index is 0.223. The van der Waals surface area contributed by atoms with Gasteiger partial charge >= 0.3 is 0 Å². The van der Waals surface area contributed by atoms with Crippen LogP contribution >= 0.6 is 0 Å². The Bertz CT molecular complexity index is 418. The molecule has 16 heavy (non-hydrogen) atoms. The van der Waals surface area contributed by atoms with Crippen LogP contribution in [-0.4, -0.2) is 14.5 Å². The minimum Gasteiger partial charge on any atom is -0.264 e. The Morgan fingerprint density at radius 2 is 1.75 bits per heavy atom. The molecule has 0 radical (unpaired) electrons. The van der Waals surface area contributed by atoms with Crippen molar-refractivity contribution < 1.29 is 12.6 Å². The van der Waals surface area contributed by atoms with Crippen LogP contribution in [-0.2, 0) is 20.7 Å². The first-order valence-corrected chi connectivity index (χ1v) is 6.88. The molecular weight excluding hydrogens is 224 g/mol. The minimum atomic E-state index is -3.59. The van der Waals surface area contributed by atoms with Crippen molar-refractivity contribution in [1.82, 2.24) is 0 Å². The lowest BCUT2D eigenvalue weighted by Gasteiger charge is -2.08. The number of hydrogen-bond acceptors (Lipinski definition) is 3. The summed E-state index contributed by atoms with van der Waals surface area (Å²) in [5.41, 5.74) is 1.14. The lowest BCUT2D eigenvalue weighted by atomic mass is 10.1. The number of hydrogen-bond donors (Lipinski definition) is 0. The van der Waals surface area contributed by atoms with E-state index in [1.807, 2.05) is 12.1 Å². The van der Waals surface area contributed by atoms with Gasteiger partial charge in [0.05, 0.1) is 11.0 Å². The molecule has 0 amide bonds. The van der Waals surface area contributed by atoms with Crippen LogP contribution in [0.2, 0.25) is 0 Å². The highest BCUT2D eigenvalue weighted by Crippen LogP contribution is 2.15. The predicted octanol–water partition coefficient (Wildman–Crippen LogP) is 2.75. The average molecular weight is 242 g/mol. The lowest BCUT2D eigenvalue weighted by molar-refractivity contribution is 0.249. The smallest absolute Gasteiger partial charge is 0.264 e. The van der Waals surface area contributed by atoms with Gasteiger partial charge < -0.3 is 0 Å². The van der Waals surface area contributed by atoms with E-state index in [4.69, 9.17) is 4.18 Å². The molecule has 90 valence electrons. The SMILES string of the molecule is CCCc1ccc(S(=O)(=O)OC(C)C)cc1. The van der Waals surface area contributed by atoms with Gasteiger partial charge in [0.2, 0.25) is 0 Å². The Kier molecular flexibility index (Phi) is 4.50. The van der Waals surface area contributed by atoms with Gasteiger partial charge in [-0.3, -0.25) is 4.18 Å². The van der Waals surface area contributed by atoms with Crippen molar-refractivity contribution in [1.29, 1.82) is 0 Å². The maximum atomic E-state index is 11.7. The third kappa shape index (κ3) is 3.61. The lowest BCUT2D eigenvalue weighted by Crippen LogP contribution is -2.12. The van der Waals surface area contributed by atoms with Gasteiger partial charge in [-0.15, -0.1) is 0 Å².